The largest absolute Gasteiger partial charge is 0.444 e. The maximum atomic E-state index is 12.5. The van der Waals surface area contributed by atoms with E-state index in [0.29, 0.717) is 18.0 Å². The number of terminal acetylenes is 1. The zero-order chi connectivity index (χ0) is 16.9. The topological polar surface area (TPSA) is 41.6 Å². The van der Waals surface area contributed by atoms with Crippen molar-refractivity contribution in [1.82, 2.24) is 10.2 Å². The third kappa shape index (κ3) is 5.14. The van der Waals surface area contributed by atoms with Gasteiger partial charge in [0.15, 0.2) is 0 Å². The van der Waals surface area contributed by atoms with Gasteiger partial charge in [-0.05, 0) is 52.4 Å². The number of amides is 1. The second-order valence-corrected chi connectivity index (χ2v) is 7.85. The van der Waals surface area contributed by atoms with E-state index in [1.54, 1.807) is 0 Å². The molecule has 130 valence electrons. The van der Waals surface area contributed by atoms with E-state index in [9.17, 15) is 4.79 Å². The fourth-order valence-electron chi connectivity index (χ4n) is 3.99. The van der Waals surface area contributed by atoms with E-state index in [0.717, 1.165) is 32.4 Å². The number of nitrogens with zero attached hydrogens (tertiary/aromatic N) is 1. The summed E-state index contributed by atoms with van der Waals surface area (Å²) in [6.45, 7) is 7.49. The number of hydrogen-bond acceptors (Lipinski definition) is 3. The van der Waals surface area contributed by atoms with Gasteiger partial charge in [-0.2, -0.15) is 0 Å². The lowest BCUT2D eigenvalue weighted by atomic mass is 9.79. The van der Waals surface area contributed by atoms with Gasteiger partial charge in [0.1, 0.15) is 5.60 Å². The lowest BCUT2D eigenvalue weighted by Crippen LogP contribution is -2.50. The average Bonchev–Trinajstić information content (AvgIpc) is 2.96. The first kappa shape index (κ1) is 18.1. The number of likely N-dealkylation sites (tertiary alicyclic amines) is 1. The molecule has 1 aliphatic carbocycles. The Bertz CT molecular complexity index is 436. The van der Waals surface area contributed by atoms with Crippen molar-refractivity contribution in [2.24, 2.45) is 5.92 Å². The van der Waals surface area contributed by atoms with Crippen molar-refractivity contribution in [2.45, 2.75) is 83.4 Å². The summed E-state index contributed by atoms with van der Waals surface area (Å²) in [4.78, 5) is 14.5. The summed E-state index contributed by atoms with van der Waals surface area (Å²) in [7, 11) is 0. The predicted octanol–water partition coefficient (Wildman–Crippen LogP) is 3.56. The molecule has 0 spiro atoms. The van der Waals surface area contributed by atoms with E-state index >= 15 is 0 Å². The number of hydrogen-bond donors (Lipinski definition) is 1. The van der Waals surface area contributed by atoms with E-state index in [4.69, 9.17) is 11.2 Å². The van der Waals surface area contributed by atoms with Crippen molar-refractivity contribution in [3.8, 4) is 12.3 Å². The van der Waals surface area contributed by atoms with Gasteiger partial charge in [0.2, 0.25) is 0 Å². The number of rotatable bonds is 4. The third-order valence-corrected chi connectivity index (χ3v) is 4.92. The Morgan fingerprint density at radius 1 is 1.26 bits per heavy atom. The number of carbonyl (C=O) groups excluding carboxylic acids is 1. The Hall–Kier alpha value is -1.21. The van der Waals surface area contributed by atoms with Crippen molar-refractivity contribution in [1.29, 1.82) is 0 Å². The highest BCUT2D eigenvalue weighted by molar-refractivity contribution is 5.69. The molecule has 2 fully saturated rings. The van der Waals surface area contributed by atoms with E-state index in [1.165, 1.54) is 25.7 Å². The first-order valence-corrected chi connectivity index (χ1v) is 9.09. The van der Waals surface area contributed by atoms with Crippen LogP contribution in [0, 0.1) is 18.3 Å². The Labute approximate surface area is 141 Å². The summed E-state index contributed by atoms with van der Waals surface area (Å²) >= 11 is 0. The maximum Gasteiger partial charge on any atom is 0.410 e. The van der Waals surface area contributed by atoms with Crippen molar-refractivity contribution in [3.63, 3.8) is 0 Å². The standard InChI is InChI=1S/C19H32N2O2/c1-5-6-13-20-16-11-8-7-10-15(16)17-12-9-14-21(17)18(22)23-19(2,3)4/h1,15-17,20H,6-14H2,2-4H3. The molecular formula is C19H32N2O2. The minimum absolute atomic E-state index is 0.145. The van der Waals surface area contributed by atoms with Crippen LogP contribution in [0.4, 0.5) is 4.79 Å². The van der Waals surface area contributed by atoms with E-state index in [2.05, 4.69) is 11.2 Å². The van der Waals surface area contributed by atoms with Crippen molar-refractivity contribution < 1.29 is 9.53 Å². The van der Waals surface area contributed by atoms with Gasteiger partial charge in [-0.25, -0.2) is 4.79 Å². The van der Waals surface area contributed by atoms with E-state index in [-0.39, 0.29) is 6.09 Å². The molecule has 0 radical (unpaired) electrons. The second kappa shape index (κ2) is 8.06. The van der Waals surface area contributed by atoms with E-state index in [1.807, 2.05) is 25.7 Å². The molecule has 0 aromatic heterocycles. The molecule has 0 aromatic carbocycles. The third-order valence-electron chi connectivity index (χ3n) is 4.92. The molecule has 2 aliphatic rings. The van der Waals surface area contributed by atoms with Gasteiger partial charge >= 0.3 is 6.09 Å². The fraction of sp³-hybridized carbons (Fsp3) is 0.842. The molecule has 1 heterocycles. The Morgan fingerprint density at radius 3 is 2.70 bits per heavy atom. The van der Waals surface area contributed by atoms with Crippen LogP contribution < -0.4 is 5.32 Å². The zero-order valence-corrected chi connectivity index (χ0v) is 14.9. The Morgan fingerprint density at radius 2 is 2.00 bits per heavy atom. The van der Waals surface area contributed by atoms with Gasteiger partial charge in [0.05, 0.1) is 0 Å². The highest BCUT2D eigenvalue weighted by Crippen LogP contribution is 2.35. The van der Waals surface area contributed by atoms with Crippen LogP contribution in [0.2, 0.25) is 0 Å². The lowest BCUT2D eigenvalue weighted by Gasteiger charge is -2.40. The minimum atomic E-state index is -0.429. The normalized spacial score (nSPS) is 28.4. The summed E-state index contributed by atoms with van der Waals surface area (Å²) in [6.07, 6.45) is 13.1. The van der Waals surface area contributed by atoms with Gasteiger partial charge in [0, 0.05) is 31.6 Å². The molecule has 2 rings (SSSR count). The second-order valence-electron chi connectivity index (χ2n) is 7.85. The summed E-state index contributed by atoms with van der Waals surface area (Å²) < 4.78 is 5.62. The summed E-state index contributed by atoms with van der Waals surface area (Å²) in [5.74, 6) is 3.22. The quantitative estimate of drug-likeness (QED) is 0.636. The van der Waals surface area contributed by atoms with Crippen LogP contribution in [0.15, 0.2) is 0 Å². The van der Waals surface area contributed by atoms with Crippen LogP contribution in [0.25, 0.3) is 0 Å². The first-order valence-electron chi connectivity index (χ1n) is 9.09. The molecule has 0 bridgehead atoms. The van der Waals surface area contributed by atoms with Crippen LogP contribution in [0.3, 0.4) is 0 Å². The van der Waals surface area contributed by atoms with Crippen molar-refractivity contribution in [2.75, 3.05) is 13.1 Å². The molecule has 4 nitrogen and oxygen atoms in total. The zero-order valence-electron chi connectivity index (χ0n) is 14.9. The smallest absolute Gasteiger partial charge is 0.410 e. The van der Waals surface area contributed by atoms with Gasteiger partial charge < -0.3 is 15.0 Å². The van der Waals surface area contributed by atoms with Crippen LogP contribution >= 0.6 is 0 Å². The van der Waals surface area contributed by atoms with Crippen LogP contribution in [-0.2, 0) is 4.74 Å². The first-order chi connectivity index (χ1) is 10.9. The maximum absolute atomic E-state index is 12.5. The summed E-state index contributed by atoms with van der Waals surface area (Å²) in [5, 5.41) is 3.64. The van der Waals surface area contributed by atoms with Gasteiger partial charge in [-0.15, -0.1) is 12.3 Å². The highest BCUT2D eigenvalue weighted by atomic mass is 16.6. The Balaban J connectivity index is 2.01. The average molecular weight is 320 g/mol. The fourth-order valence-corrected chi connectivity index (χ4v) is 3.99. The van der Waals surface area contributed by atoms with Crippen LogP contribution in [0.1, 0.15) is 65.7 Å². The SMILES string of the molecule is C#CCCNC1CCCCC1C1CCCN1C(=O)OC(C)(C)C. The number of carbonyl (C=O) groups is 1. The molecule has 1 saturated carbocycles. The lowest BCUT2D eigenvalue weighted by molar-refractivity contribution is 0.0133. The predicted molar refractivity (Wildman–Crippen MR) is 93.2 cm³/mol. The van der Waals surface area contributed by atoms with Crippen LogP contribution in [-0.4, -0.2) is 41.8 Å². The molecule has 3 unspecified atom stereocenters. The molecule has 3 atom stereocenters. The van der Waals surface area contributed by atoms with Gasteiger partial charge in [0.25, 0.3) is 0 Å². The molecule has 1 aliphatic heterocycles. The molecule has 23 heavy (non-hydrogen) atoms. The number of ether oxygens (including phenoxy) is 1. The summed E-state index contributed by atoms with van der Waals surface area (Å²) in [5.41, 5.74) is -0.429. The molecule has 4 heteroatoms. The summed E-state index contributed by atoms with van der Waals surface area (Å²) in [6, 6.07) is 0.790. The van der Waals surface area contributed by atoms with E-state index < -0.39 is 5.60 Å². The Kier molecular flexibility index (Phi) is 6.35. The molecule has 1 amide bonds. The molecule has 1 N–H and O–H groups in total. The number of nitrogens with one attached hydrogen (secondary N) is 1. The molecule has 1 saturated heterocycles. The molecular weight excluding hydrogens is 288 g/mol. The van der Waals surface area contributed by atoms with Crippen molar-refractivity contribution >= 4 is 6.09 Å². The van der Waals surface area contributed by atoms with Crippen molar-refractivity contribution in [3.05, 3.63) is 0 Å². The minimum Gasteiger partial charge on any atom is -0.444 e. The van der Waals surface area contributed by atoms with Gasteiger partial charge in [-0.1, -0.05) is 12.8 Å². The highest BCUT2D eigenvalue weighted by Gasteiger charge is 2.40. The van der Waals surface area contributed by atoms with Crippen LogP contribution in [0.5, 0.6) is 0 Å². The van der Waals surface area contributed by atoms with Gasteiger partial charge in [-0.3, -0.25) is 0 Å². The molecule has 0 aromatic rings. The monoisotopic (exact) mass is 320 g/mol.